The summed E-state index contributed by atoms with van der Waals surface area (Å²) in [6.07, 6.45) is -1.34. The molecule has 1 heterocycles. The second kappa shape index (κ2) is 9.80. The normalized spacial score (nSPS) is 28.9. The average molecular weight is 483 g/mol. The smallest absolute Gasteiger partial charge is 0.358 e. The topological polar surface area (TPSA) is 200 Å². The van der Waals surface area contributed by atoms with Crippen molar-refractivity contribution >= 4 is 22.9 Å². The second-order valence-electron chi connectivity index (χ2n) is 5.98. The summed E-state index contributed by atoms with van der Waals surface area (Å²) in [6, 6.07) is -0.847. The highest BCUT2D eigenvalue weighted by molar-refractivity contribution is 7.75. The van der Waals surface area contributed by atoms with E-state index in [4.69, 9.17) is 10.3 Å². The zero-order chi connectivity index (χ0) is 22.7. The first-order chi connectivity index (χ1) is 13.1. The van der Waals surface area contributed by atoms with Gasteiger partial charge in [0.1, 0.15) is 0 Å². The molecule has 0 aromatic rings. The molecule has 1 aliphatic heterocycles. The third-order valence-electron chi connectivity index (χ3n) is 3.99. The number of nitrogens with zero attached hydrogens (tertiary/aromatic N) is 4. The highest BCUT2D eigenvalue weighted by atomic mass is 31.3. The molecule has 1 aliphatic rings. The first-order valence-corrected chi connectivity index (χ1v) is 12.8. The standard InChI is InChI=1S/C11H23F2N4O9P3/c1-4-17(5-2)27(18,19)11(12,13)28(20,21)26-29(22,23)24-7-10-9(15-16-14)6-8(3)25-10/h8-10H,4-7H2,1-3H3,(H,18,19)(H,20,21)(H,22,23)/p-3/t8-,9+,10+/m0/s1. The van der Waals surface area contributed by atoms with Crippen LogP contribution in [0.3, 0.4) is 0 Å². The van der Waals surface area contributed by atoms with Crippen LogP contribution in [0.5, 0.6) is 0 Å². The molecule has 0 saturated carbocycles. The molecular weight excluding hydrogens is 463 g/mol. The fourth-order valence-corrected chi connectivity index (χ4v) is 7.56. The Morgan fingerprint density at radius 3 is 2.31 bits per heavy atom. The predicted molar refractivity (Wildman–Crippen MR) is 89.6 cm³/mol. The largest absolute Gasteiger partial charge is 0.783 e. The van der Waals surface area contributed by atoms with Gasteiger partial charge in [0, 0.05) is 18.0 Å². The number of halogens is 2. The number of hydrogen-bond acceptors (Lipinski definition) is 10. The van der Waals surface area contributed by atoms with Crippen molar-refractivity contribution in [2.24, 2.45) is 5.11 Å². The van der Waals surface area contributed by atoms with Gasteiger partial charge in [0.2, 0.25) is 7.60 Å². The van der Waals surface area contributed by atoms with Crippen molar-refractivity contribution in [1.82, 2.24) is 4.67 Å². The fourth-order valence-electron chi connectivity index (χ4n) is 2.56. The molecule has 0 bridgehead atoms. The summed E-state index contributed by atoms with van der Waals surface area (Å²) in [5, 5.41) is -2.18. The average Bonchev–Trinajstić information content (AvgIpc) is 2.92. The molecule has 1 fully saturated rings. The Morgan fingerprint density at radius 2 is 1.83 bits per heavy atom. The van der Waals surface area contributed by atoms with E-state index in [0.717, 1.165) is 0 Å². The van der Waals surface area contributed by atoms with Crippen molar-refractivity contribution in [3.8, 4) is 0 Å². The third-order valence-corrected chi connectivity index (χ3v) is 10.3. The molecule has 18 heteroatoms. The van der Waals surface area contributed by atoms with E-state index in [1.165, 1.54) is 13.8 Å². The molecule has 0 spiro atoms. The first kappa shape index (κ1) is 26.6. The van der Waals surface area contributed by atoms with E-state index < -0.39 is 66.3 Å². The lowest BCUT2D eigenvalue weighted by Gasteiger charge is -2.45. The molecule has 0 aromatic carbocycles. The maximum atomic E-state index is 14.2. The molecule has 29 heavy (non-hydrogen) atoms. The molecule has 0 amide bonds. The van der Waals surface area contributed by atoms with Gasteiger partial charge in [-0.15, -0.1) is 0 Å². The molecule has 0 aliphatic carbocycles. The van der Waals surface area contributed by atoms with Crippen molar-refractivity contribution in [1.29, 1.82) is 0 Å². The van der Waals surface area contributed by atoms with Crippen LogP contribution in [0.15, 0.2) is 5.11 Å². The highest BCUT2D eigenvalue weighted by Gasteiger charge is 2.56. The van der Waals surface area contributed by atoms with Crippen LogP contribution in [-0.2, 0) is 27.3 Å². The molecular formula is C11H20F2N4O9P3-3. The number of alkyl halides is 2. The summed E-state index contributed by atoms with van der Waals surface area (Å²) < 4.78 is 76.9. The molecule has 1 saturated heterocycles. The number of azide groups is 1. The van der Waals surface area contributed by atoms with Gasteiger partial charge in [-0.3, -0.25) is 13.5 Å². The lowest BCUT2D eigenvalue weighted by Crippen LogP contribution is -2.39. The Balaban J connectivity index is 2.95. The predicted octanol–water partition coefficient (Wildman–Crippen LogP) is 1.34. The Morgan fingerprint density at radius 1 is 1.28 bits per heavy atom. The van der Waals surface area contributed by atoms with Crippen molar-refractivity contribution in [2.45, 2.75) is 50.8 Å². The second-order valence-corrected chi connectivity index (χ2v) is 11.9. The van der Waals surface area contributed by atoms with Crippen LogP contribution in [-0.4, -0.2) is 48.0 Å². The van der Waals surface area contributed by atoms with Crippen LogP contribution >= 0.6 is 22.9 Å². The van der Waals surface area contributed by atoms with Gasteiger partial charge in [-0.2, -0.15) is 8.78 Å². The molecule has 13 nitrogen and oxygen atoms in total. The SMILES string of the molecule is CCN(CC)P(=O)([O-])C(F)(F)P(=O)([O-])OP(=O)([O-])OC[C@H]1O[C@@H](C)C[C@H]1N=[N+]=[N-]. The van der Waals surface area contributed by atoms with Gasteiger partial charge in [0.15, 0.2) is 7.52 Å². The van der Waals surface area contributed by atoms with E-state index in [1.807, 2.05) is 0 Å². The van der Waals surface area contributed by atoms with Crippen LogP contribution in [0, 0.1) is 0 Å². The van der Waals surface area contributed by atoms with Gasteiger partial charge in [0.25, 0.3) is 7.82 Å². The van der Waals surface area contributed by atoms with Crippen molar-refractivity contribution in [3.05, 3.63) is 10.4 Å². The van der Waals surface area contributed by atoms with Gasteiger partial charge < -0.3 is 33.1 Å². The number of phosphoric ester groups is 1. The van der Waals surface area contributed by atoms with Gasteiger partial charge in [-0.05, 0) is 18.9 Å². The Kier molecular flexibility index (Phi) is 9.00. The highest BCUT2D eigenvalue weighted by Crippen LogP contribution is 2.75. The number of rotatable bonds is 11. The van der Waals surface area contributed by atoms with Gasteiger partial charge in [-0.1, -0.05) is 19.0 Å². The van der Waals surface area contributed by atoms with Crippen molar-refractivity contribution < 1.29 is 50.7 Å². The molecule has 1 rings (SSSR count). The van der Waals surface area contributed by atoms with Crippen LogP contribution in [0.25, 0.3) is 10.4 Å². The van der Waals surface area contributed by atoms with E-state index in [9.17, 15) is 37.2 Å². The molecule has 0 radical (unpaired) electrons. The van der Waals surface area contributed by atoms with E-state index in [2.05, 4.69) is 18.9 Å². The minimum absolute atomic E-state index is 0.162. The van der Waals surface area contributed by atoms with Crippen LogP contribution < -0.4 is 14.7 Å². The van der Waals surface area contributed by atoms with E-state index in [-0.39, 0.29) is 11.1 Å². The minimum Gasteiger partial charge on any atom is -0.783 e. The molecule has 6 atom stereocenters. The number of phosphoric acid groups is 1. The van der Waals surface area contributed by atoms with Gasteiger partial charge in [0.05, 0.1) is 24.9 Å². The van der Waals surface area contributed by atoms with E-state index >= 15 is 0 Å². The summed E-state index contributed by atoms with van der Waals surface area (Å²) >= 11 is 0. The van der Waals surface area contributed by atoms with E-state index in [0.29, 0.717) is 0 Å². The Labute approximate surface area is 165 Å². The zero-order valence-corrected chi connectivity index (χ0v) is 18.3. The minimum atomic E-state index is -6.84. The summed E-state index contributed by atoms with van der Waals surface area (Å²) in [4.78, 5) is 38.0. The van der Waals surface area contributed by atoms with E-state index in [1.54, 1.807) is 6.92 Å². The number of ether oxygens (including phenoxy) is 1. The fraction of sp³-hybridized carbons (Fsp3) is 1.00. The quantitative estimate of drug-likeness (QED) is 0.179. The summed E-state index contributed by atoms with van der Waals surface area (Å²) in [5.41, 5.74) is 8.46. The molecule has 3 unspecified atom stereocenters. The van der Waals surface area contributed by atoms with Crippen LogP contribution in [0.4, 0.5) is 8.78 Å². The first-order valence-electron chi connectivity index (χ1n) is 8.27. The molecule has 0 aromatic heterocycles. The maximum Gasteiger partial charge on any atom is 0.358 e. The molecule has 170 valence electrons. The van der Waals surface area contributed by atoms with Crippen molar-refractivity contribution in [2.75, 3.05) is 19.7 Å². The van der Waals surface area contributed by atoms with Crippen LogP contribution in [0.2, 0.25) is 0 Å². The maximum absolute atomic E-state index is 14.2. The zero-order valence-electron chi connectivity index (χ0n) is 15.6. The van der Waals surface area contributed by atoms with Gasteiger partial charge in [-0.25, -0.2) is 0 Å². The lowest BCUT2D eigenvalue weighted by atomic mass is 10.1. The van der Waals surface area contributed by atoms with Crippen molar-refractivity contribution in [3.63, 3.8) is 0 Å². The third kappa shape index (κ3) is 6.06. The van der Waals surface area contributed by atoms with Crippen LogP contribution in [0.1, 0.15) is 27.2 Å². The molecule has 0 N–H and O–H groups in total. The summed E-state index contributed by atoms with van der Waals surface area (Å²) in [7, 11) is -18.9. The van der Waals surface area contributed by atoms with Gasteiger partial charge >= 0.3 is 5.40 Å². The summed E-state index contributed by atoms with van der Waals surface area (Å²) in [5.74, 6) is 0. The Hall–Kier alpha value is -0.420. The lowest BCUT2D eigenvalue weighted by molar-refractivity contribution is -0.244. The summed E-state index contributed by atoms with van der Waals surface area (Å²) in [6.45, 7) is 2.10. The number of hydrogen-bond donors (Lipinski definition) is 0. The monoisotopic (exact) mass is 483 g/mol. The Bertz CT molecular complexity index is 777.